The van der Waals surface area contributed by atoms with E-state index in [1.165, 1.54) is 0 Å². The Morgan fingerprint density at radius 2 is 1.70 bits per heavy atom. The van der Waals surface area contributed by atoms with Crippen molar-refractivity contribution < 1.29 is 19.5 Å². The zero-order valence-corrected chi connectivity index (χ0v) is 20.0. The Hall–Kier alpha value is -4.86. The standard InChI is InChI=1S/C27H26N6O4/c28-25(34)18-8-6-17(7-9-18)16-33-21-15-20(29-27(36)37)11-10-19(21)14-22(33)26(35)31-23-4-3-5-24(30-23)32-12-1-2-13-32/h3-11,14-15,29H,1-2,12-13,16H2,(H2,28,34)(H,36,37)(H,30,31,35). The van der Waals surface area contributed by atoms with Crippen molar-refractivity contribution in [1.82, 2.24) is 9.55 Å². The maximum Gasteiger partial charge on any atom is 0.409 e. The van der Waals surface area contributed by atoms with Crippen LogP contribution in [0.2, 0.25) is 0 Å². The number of carboxylic acid groups (broad SMARTS) is 1. The number of anilines is 3. The fraction of sp³-hybridized carbons (Fsp3) is 0.185. The van der Waals surface area contributed by atoms with Gasteiger partial charge in [-0.25, -0.2) is 9.78 Å². The predicted octanol–water partition coefficient (Wildman–Crippen LogP) is 4.13. The summed E-state index contributed by atoms with van der Waals surface area (Å²) in [4.78, 5) is 42.9. The van der Waals surface area contributed by atoms with Gasteiger partial charge in [-0.3, -0.25) is 14.9 Å². The van der Waals surface area contributed by atoms with Crippen molar-refractivity contribution in [3.05, 3.63) is 83.6 Å². The first kappa shape index (κ1) is 23.9. The lowest BCUT2D eigenvalue weighted by Crippen LogP contribution is -2.21. The van der Waals surface area contributed by atoms with Crippen LogP contribution in [-0.4, -0.2) is 45.7 Å². The Balaban J connectivity index is 1.50. The van der Waals surface area contributed by atoms with Crippen LogP contribution >= 0.6 is 0 Å². The lowest BCUT2D eigenvalue weighted by molar-refractivity contribution is 0.0996. The van der Waals surface area contributed by atoms with Gasteiger partial charge in [-0.2, -0.15) is 0 Å². The number of nitrogens with zero attached hydrogens (tertiary/aromatic N) is 3. The van der Waals surface area contributed by atoms with Gasteiger partial charge < -0.3 is 25.6 Å². The van der Waals surface area contributed by atoms with Gasteiger partial charge in [0.05, 0.1) is 5.52 Å². The fourth-order valence-corrected chi connectivity index (χ4v) is 4.57. The zero-order chi connectivity index (χ0) is 25.9. The van der Waals surface area contributed by atoms with E-state index in [1.807, 2.05) is 12.1 Å². The number of hydrogen-bond acceptors (Lipinski definition) is 5. The molecular formula is C27H26N6O4. The smallest absolute Gasteiger partial charge is 0.409 e. The molecule has 0 saturated carbocycles. The van der Waals surface area contributed by atoms with Gasteiger partial charge in [0.15, 0.2) is 0 Å². The molecule has 1 saturated heterocycles. The molecule has 0 aliphatic carbocycles. The molecule has 5 N–H and O–H groups in total. The number of pyridine rings is 1. The number of rotatable bonds is 7. The first-order valence-corrected chi connectivity index (χ1v) is 11.9. The second-order valence-corrected chi connectivity index (χ2v) is 8.91. The van der Waals surface area contributed by atoms with E-state index in [0.717, 1.165) is 42.7 Å². The van der Waals surface area contributed by atoms with E-state index >= 15 is 0 Å². The summed E-state index contributed by atoms with van der Waals surface area (Å²) in [6, 6.07) is 19.2. The van der Waals surface area contributed by atoms with Crippen LogP contribution in [0.3, 0.4) is 0 Å². The summed E-state index contributed by atoms with van der Waals surface area (Å²) in [6.45, 7) is 2.20. The molecule has 2 aromatic carbocycles. The molecule has 10 nitrogen and oxygen atoms in total. The molecule has 188 valence electrons. The number of nitrogens with two attached hydrogens (primary N) is 1. The van der Waals surface area contributed by atoms with E-state index < -0.39 is 12.0 Å². The monoisotopic (exact) mass is 498 g/mol. The van der Waals surface area contributed by atoms with Crippen LogP contribution in [0.4, 0.5) is 22.1 Å². The number of amides is 3. The van der Waals surface area contributed by atoms with Crippen molar-refractivity contribution in [3.63, 3.8) is 0 Å². The number of benzene rings is 2. The molecule has 0 unspecified atom stereocenters. The molecule has 10 heteroatoms. The molecule has 1 aliphatic heterocycles. The van der Waals surface area contributed by atoms with E-state index in [1.54, 1.807) is 59.2 Å². The van der Waals surface area contributed by atoms with E-state index in [4.69, 9.17) is 10.8 Å². The number of fused-ring (bicyclic) bond motifs is 1. The zero-order valence-electron chi connectivity index (χ0n) is 20.0. The van der Waals surface area contributed by atoms with Crippen molar-refractivity contribution in [2.45, 2.75) is 19.4 Å². The molecule has 0 atom stereocenters. The average molecular weight is 499 g/mol. The SMILES string of the molecule is NC(=O)c1ccc(Cn2c(C(=O)Nc3cccc(N4CCCC4)n3)cc3ccc(NC(=O)O)cc32)cc1. The third-order valence-electron chi connectivity index (χ3n) is 6.37. The Bertz CT molecular complexity index is 1490. The minimum absolute atomic E-state index is 0.309. The van der Waals surface area contributed by atoms with Crippen LogP contribution in [0.25, 0.3) is 10.9 Å². The molecule has 1 fully saturated rings. The Kier molecular flexibility index (Phi) is 6.46. The summed E-state index contributed by atoms with van der Waals surface area (Å²) in [5.74, 6) is 0.412. The van der Waals surface area contributed by atoms with Crippen LogP contribution in [0.1, 0.15) is 39.3 Å². The number of carbonyl (C=O) groups is 3. The van der Waals surface area contributed by atoms with Crippen LogP contribution < -0.4 is 21.3 Å². The highest BCUT2D eigenvalue weighted by Crippen LogP contribution is 2.26. The first-order chi connectivity index (χ1) is 17.9. The van der Waals surface area contributed by atoms with Crippen molar-refractivity contribution in [2.24, 2.45) is 5.73 Å². The quantitative estimate of drug-likeness (QED) is 0.302. The second kappa shape index (κ2) is 10.0. The molecule has 3 amide bonds. The highest BCUT2D eigenvalue weighted by molar-refractivity contribution is 6.06. The topological polar surface area (TPSA) is 143 Å². The second-order valence-electron chi connectivity index (χ2n) is 8.91. The Morgan fingerprint density at radius 3 is 2.41 bits per heavy atom. The van der Waals surface area contributed by atoms with Gasteiger partial charge in [0.1, 0.15) is 17.3 Å². The van der Waals surface area contributed by atoms with Gasteiger partial charge in [-0.15, -0.1) is 0 Å². The van der Waals surface area contributed by atoms with Crippen molar-refractivity contribution in [2.75, 3.05) is 28.6 Å². The number of carbonyl (C=O) groups excluding carboxylic acids is 2. The molecule has 0 spiro atoms. The maximum atomic E-state index is 13.5. The molecule has 3 heterocycles. The van der Waals surface area contributed by atoms with E-state index in [-0.39, 0.29) is 5.91 Å². The highest BCUT2D eigenvalue weighted by atomic mass is 16.4. The van der Waals surface area contributed by atoms with Gasteiger partial charge >= 0.3 is 6.09 Å². The third kappa shape index (κ3) is 5.22. The highest BCUT2D eigenvalue weighted by Gasteiger charge is 2.19. The molecule has 4 aromatic rings. The lowest BCUT2D eigenvalue weighted by Gasteiger charge is -2.17. The van der Waals surface area contributed by atoms with E-state index in [0.29, 0.717) is 34.8 Å². The Labute approximate surface area is 212 Å². The first-order valence-electron chi connectivity index (χ1n) is 11.9. The minimum Gasteiger partial charge on any atom is -0.465 e. The van der Waals surface area contributed by atoms with Crippen LogP contribution in [0.5, 0.6) is 0 Å². The molecule has 0 bridgehead atoms. The molecule has 37 heavy (non-hydrogen) atoms. The van der Waals surface area contributed by atoms with Crippen molar-refractivity contribution >= 4 is 46.1 Å². The molecular weight excluding hydrogens is 472 g/mol. The number of hydrogen-bond donors (Lipinski definition) is 4. The largest absolute Gasteiger partial charge is 0.465 e. The predicted molar refractivity (Wildman–Crippen MR) is 141 cm³/mol. The summed E-state index contributed by atoms with van der Waals surface area (Å²) < 4.78 is 1.81. The molecule has 0 radical (unpaired) electrons. The summed E-state index contributed by atoms with van der Waals surface area (Å²) in [7, 11) is 0. The summed E-state index contributed by atoms with van der Waals surface area (Å²) >= 11 is 0. The molecule has 5 rings (SSSR count). The summed E-state index contributed by atoms with van der Waals surface area (Å²) in [6.07, 6.45) is 1.07. The summed E-state index contributed by atoms with van der Waals surface area (Å²) in [5.41, 5.74) is 8.02. The molecule has 2 aromatic heterocycles. The number of nitrogens with one attached hydrogen (secondary N) is 2. The van der Waals surface area contributed by atoms with Gasteiger partial charge in [0, 0.05) is 36.3 Å². The maximum absolute atomic E-state index is 13.5. The van der Waals surface area contributed by atoms with Crippen molar-refractivity contribution in [3.8, 4) is 0 Å². The fourth-order valence-electron chi connectivity index (χ4n) is 4.57. The van der Waals surface area contributed by atoms with Crippen LogP contribution in [-0.2, 0) is 6.54 Å². The van der Waals surface area contributed by atoms with Gasteiger partial charge in [0.25, 0.3) is 5.91 Å². The van der Waals surface area contributed by atoms with E-state index in [2.05, 4.69) is 20.5 Å². The normalized spacial score (nSPS) is 13.0. The van der Waals surface area contributed by atoms with E-state index in [9.17, 15) is 14.4 Å². The van der Waals surface area contributed by atoms with Crippen LogP contribution in [0, 0.1) is 0 Å². The lowest BCUT2D eigenvalue weighted by atomic mass is 10.1. The van der Waals surface area contributed by atoms with Gasteiger partial charge in [0.2, 0.25) is 5.91 Å². The number of primary amides is 1. The molecule has 1 aliphatic rings. The average Bonchev–Trinajstić information content (AvgIpc) is 3.53. The van der Waals surface area contributed by atoms with Gasteiger partial charge in [-0.1, -0.05) is 24.3 Å². The van der Waals surface area contributed by atoms with Crippen molar-refractivity contribution in [1.29, 1.82) is 0 Å². The van der Waals surface area contributed by atoms with Crippen LogP contribution in [0.15, 0.2) is 66.7 Å². The minimum atomic E-state index is -1.18. The third-order valence-corrected chi connectivity index (χ3v) is 6.37. The van der Waals surface area contributed by atoms with Gasteiger partial charge in [-0.05, 0) is 60.9 Å². The number of aromatic nitrogens is 2. The Morgan fingerprint density at radius 1 is 0.946 bits per heavy atom. The summed E-state index contributed by atoms with van der Waals surface area (Å²) in [5, 5.41) is 15.2.